The summed E-state index contributed by atoms with van der Waals surface area (Å²) in [5.41, 5.74) is 1.36. The molecule has 4 rings (SSSR count). The maximum absolute atomic E-state index is 5.42. The molecule has 0 spiro atoms. The van der Waals surface area contributed by atoms with Gasteiger partial charge in [-0.15, -0.1) is 0 Å². The topological polar surface area (TPSA) is 27.7 Å². The van der Waals surface area contributed by atoms with Gasteiger partial charge in [0.1, 0.15) is 5.75 Å². The number of fused-ring (bicyclic) bond motifs is 2. The van der Waals surface area contributed by atoms with Gasteiger partial charge in [-0.05, 0) is 36.6 Å². The number of ether oxygens (including phenoxy) is 3. The van der Waals surface area contributed by atoms with E-state index < -0.39 is 0 Å². The second kappa shape index (κ2) is 20.2. The first kappa shape index (κ1) is 27.1. The van der Waals surface area contributed by atoms with Crippen LogP contribution >= 0.6 is 0 Å². The van der Waals surface area contributed by atoms with Gasteiger partial charge < -0.3 is 14.2 Å². The Hall–Kier alpha value is -2.16. The number of aryl methyl sites for hydroxylation is 1. The van der Waals surface area contributed by atoms with Gasteiger partial charge in [0, 0.05) is 0 Å². The summed E-state index contributed by atoms with van der Waals surface area (Å²) in [5, 5.41) is 0. The maximum Gasteiger partial charge on any atom is 0.231 e. The van der Waals surface area contributed by atoms with Gasteiger partial charge in [-0.1, -0.05) is 85.7 Å². The van der Waals surface area contributed by atoms with Crippen LogP contribution in [0.15, 0.2) is 48.5 Å². The Kier molecular flexibility index (Phi) is 20.2. The van der Waals surface area contributed by atoms with E-state index in [0.717, 1.165) is 30.3 Å². The van der Waals surface area contributed by atoms with Crippen molar-refractivity contribution >= 4 is 0 Å². The fourth-order valence-corrected chi connectivity index (χ4v) is 2.14. The highest BCUT2D eigenvalue weighted by molar-refractivity contribution is 5.40. The molecule has 2 aromatic carbocycles. The molecule has 2 aliphatic rings. The summed E-state index contributed by atoms with van der Waals surface area (Å²) in [6, 6.07) is 15.9. The second-order valence-electron chi connectivity index (χ2n) is 4.41. The fourth-order valence-electron chi connectivity index (χ4n) is 2.14. The monoisotopic (exact) mass is 376 g/mol. The molecule has 0 N–H and O–H groups in total. The molecule has 154 valence electrons. The molecule has 0 aliphatic carbocycles. The first-order valence-electron chi connectivity index (χ1n) is 10.5. The van der Waals surface area contributed by atoms with E-state index in [9.17, 15) is 0 Å². The van der Waals surface area contributed by atoms with E-state index in [2.05, 4.69) is 12.1 Å². The Morgan fingerprint density at radius 2 is 1.00 bits per heavy atom. The molecule has 2 aliphatic heterocycles. The highest BCUT2D eigenvalue weighted by Crippen LogP contribution is 2.30. The molecule has 27 heavy (non-hydrogen) atoms. The summed E-state index contributed by atoms with van der Waals surface area (Å²) in [5.74, 6) is 2.77. The smallest absolute Gasteiger partial charge is 0.231 e. The van der Waals surface area contributed by atoms with Crippen molar-refractivity contribution in [1.29, 1.82) is 0 Å². The molecule has 0 atom stereocenters. The Labute approximate surface area is 167 Å². The SMILES string of the molecule is CC.CC.CC.CC.c1ccc2c(c1)CCCO2.c1ccc2c(c1)OCO2. The van der Waals surface area contributed by atoms with Crippen molar-refractivity contribution in [3.63, 3.8) is 0 Å². The third-order valence-corrected chi connectivity index (χ3v) is 3.10. The molecular formula is C24H40O3. The molecule has 2 aromatic rings. The van der Waals surface area contributed by atoms with Crippen LogP contribution in [-0.4, -0.2) is 13.4 Å². The Morgan fingerprint density at radius 1 is 0.556 bits per heavy atom. The lowest BCUT2D eigenvalue weighted by Gasteiger charge is -2.15. The molecular weight excluding hydrogens is 336 g/mol. The molecule has 0 aromatic heterocycles. The van der Waals surface area contributed by atoms with Gasteiger partial charge >= 0.3 is 0 Å². The van der Waals surface area contributed by atoms with Gasteiger partial charge in [0.2, 0.25) is 6.79 Å². The van der Waals surface area contributed by atoms with Gasteiger partial charge in [0.25, 0.3) is 0 Å². The molecule has 0 saturated heterocycles. The predicted molar refractivity (Wildman–Crippen MR) is 118 cm³/mol. The van der Waals surface area contributed by atoms with Crippen molar-refractivity contribution in [3.8, 4) is 17.2 Å². The molecule has 0 radical (unpaired) electrons. The standard InChI is InChI=1S/C9H10O.C7H6O2.4C2H6/c1-2-6-9-8(4-1)5-3-7-10-9;1-2-4-7-6(3-1)8-5-9-7;4*1-2/h1-2,4,6H,3,5,7H2;1-4H,5H2;4*1-2H3. The number of benzene rings is 2. The summed E-state index contributed by atoms with van der Waals surface area (Å²) in [4.78, 5) is 0. The van der Waals surface area contributed by atoms with E-state index in [4.69, 9.17) is 14.2 Å². The van der Waals surface area contributed by atoms with Crippen LogP contribution in [0.4, 0.5) is 0 Å². The van der Waals surface area contributed by atoms with Crippen molar-refractivity contribution in [3.05, 3.63) is 54.1 Å². The van der Waals surface area contributed by atoms with E-state index >= 15 is 0 Å². The average Bonchev–Trinajstić information content (AvgIpc) is 3.29. The van der Waals surface area contributed by atoms with Crippen molar-refractivity contribution in [2.45, 2.75) is 68.2 Å². The third kappa shape index (κ3) is 10.5. The molecule has 0 unspecified atom stereocenters. The van der Waals surface area contributed by atoms with E-state index in [1.165, 1.54) is 12.0 Å². The van der Waals surface area contributed by atoms with Crippen molar-refractivity contribution < 1.29 is 14.2 Å². The predicted octanol–water partition coefficient (Wildman–Crippen LogP) is 7.53. The molecule has 3 heteroatoms. The lowest BCUT2D eigenvalue weighted by atomic mass is 10.1. The molecule has 3 nitrogen and oxygen atoms in total. The van der Waals surface area contributed by atoms with Crippen LogP contribution in [0.1, 0.15) is 67.4 Å². The largest absolute Gasteiger partial charge is 0.493 e. The van der Waals surface area contributed by atoms with Gasteiger partial charge in [0.05, 0.1) is 6.61 Å². The van der Waals surface area contributed by atoms with Crippen LogP contribution in [0.2, 0.25) is 0 Å². The Bertz CT molecular complexity index is 505. The zero-order valence-corrected chi connectivity index (χ0v) is 18.7. The first-order chi connectivity index (χ1) is 13.4. The van der Waals surface area contributed by atoms with Crippen LogP contribution in [0, 0.1) is 0 Å². The Balaban J connectivity index is 0. The van der Waals surface area contributed by atoms with Crippen LogP contribution < -0.4 is 14.2 Å². The van der Waals surface area contributed by atoms with Crippen molar-refractivity contribution in [2.75, 3.05) is 13.4 Å². The molecule has 0 amide bonds. The minimum absolute atomic E-state index is 0.360. The van der Waals surface area contributed by atoms with Gasteiger partial charge in [-0.25, -0.2) is 0 Å². The van der Waals surface area contributed by atoms with Crippen molar-refractivity contribution in [1.82, 2.24) is 0 Å². The van der Waals surface area contributed by atoms with Gasteiger partial charge in [-0.3, -0.25) is 0 Å². The van der Waals surface area contributed by atoms with Crippen LogP contribution in [0.25, 0.3) is 0 Å². The number of para-hydroxylation sites is 3. The lowest BCUT2D eigenvalue weighted by Crippen LogP contribution is -2.07. The maximum atomic E-state index is 5.42. The summed E-state index contributed by atoms with van der Waals surface area (Å²) in [6.45, 7) is 17.2. The fraction of sp³-hybridized carbons (Fsp3) is 0.500. The minimum atomic E-state index is 0.360. The summed E-state index contributed by atoms with van der Waals surface area (Å²) < 4.78 is 15.6. The normalized spacial score (nSPS) is 11.3. The number of hydrogen-bond donors (Lipinski definition) is 0. The molecule has 0 fully saturated rings. The van der Waals surface area contributed by atoms with Gasteiger partial charge in [-0.2, -0.15) is 0 Å². The summed E-state index contributed by atoms with van der Waals surface area (Å²) >= 11 is 0. The van der Waals surface area contributed by atoms with E-state index in [1.807, 2.05) is 91.8 Å². The number of rotatable bonds is 0. The highest BCUT2D eigenvalue weighted by atomic mass is 16.7. The summed E-state index contributed by atoms with van der Waals surface area (Å²) in [7, 11) is 0. The van der Waals surface area contributed by atoms with Crippen LogP contribution in [0.5, 0.6) is 17.2 Å². The third-order valence-electron chi connectivity index (χ3n) is 3.10. The average molecular weight is 377 g/mol. The van der Waals surface area contributed by atoms with Crippen molar-refractivity contribution in [2.24, 2.45) is 0 Å². The zero-order valence-electron chi connectivity index (χ0n) is 18.7. The zero-order chi connectivity index (χ0) is 20.9. The molecule has 0 saturated carbocycles. The quantitative estimate of drug-likeness (QED) is 0.475. The van der Waals surface area contributed by atoms with Crippen LogP contribution in [0.3, 0.4) is 0 Å². The highest BCUT2D eigenvalue weighted by Gasteiger charge is 2.09. The van der Waals surface area contributed by atoms with Crippen LogP contribution in [-0.2, 0) is 6.42 Å². The van der Waals surface area contributed by atoms with E-state index in [-0.39, 0.29) is 0 Å². The number of hydrogen-bond acceptors (Lipinski definition) is 3. The molecule has 0 bridgehead atoms. The van der Waals surface area contributed by atoms with Gasteiger partial charge in [0.15, 0.2) is 11.5 Å². The minimum Gasteiger partial charge on any atom is -0.493 e. The van der Waals surface area contributed by atoms with E-state index in [1.54, 1.807) is 0 Å². The second-order valence-corrected chi connectivity index (χ2v) is 4.41. The molecule has 2 heterocycles. The van der Waals surface area contributed by atoms with E-state index in [0.29, 0.717) is 6.79 Å². The Morgan fingerprint density at radius 3 is 1.48 bits per heavy atom. The lowest BCUT2D eigenvalue weighted by molar-refractivity contribution is 0.174. The first-order valence-corrected chi connectivity index (χ1v) is 10.5. The summed E-state index contributed by atoms with van der Waals surface area (Å²) in [6.07, 6.45) is 2.34.